The van der Waals surface area contributed by atoms with E-state index in [1.54, 1.807) is 30.3 Å². The van der Waals surface area contributed by atoms with E-state index in [0.29, 0.717) is 24.8 Å². The van der Waals surface area contributed by atoms with Crippen LogP contribution in [0.1, 0.15) is 12.0 Å². The maximum atomic E-state index is 12.0. The lowest BCUT2D eigenvalue weighted by Crippen LogP contribution is -2.29. The van der Waals surface area contributed by atoms with Crippen LogP contribution in [0.4, 0.5) is 0 Å². The predicted octanol–water partition coefficient (Wildman–Crippen LogP) is 1.27. The summed E-state index contributed by atoms with van der Waals surface area (Å²) >= 11 is 5.76. The Kier molecular flexibility index (Phi) is 5.52. The minimum atomic E-state index is -0.410. The van der Waals surface area contributed by atoms with Crippen LogP contribution < -0.4 is 0 Å². The summed E-state index contributed by atoms with van der Waals surface area (Å²) in [5.74, 6) is -0.816. The van der Waals surface area contributed by atoms with Crippen LogP contribution in [-0.2, 0) is 25.7 Å². The number of rotatable bonds is 6. The lowest BCUT2D eigenvalue weighted by atomic mass is 10.1. The lowest BCUT2D eigenvalue weighted by molar-refractivity contribution is -0.149. The first-order chi connectivity index (χ1) is 10.1. The summed E-state index contributed by atoms with van der Waals surface area (Å²) in [7, 11) is 1.58. The standard InChI is InChI=1S/C14H17ClN2O4/c1-20-5-4-17-8-11(7-13(17)18)14(19)21-9-10-2-3-16-12(15)6-10/h2-3,6,11H,4-5,7-9H2,1H3. The van der Waals surface area contributed by atoms with Crippen molar-refractivity contribution >= 4 is 23.5 Å². The van der Waals surface area contributed by atoms with Crippen molar-refractivity contribution in [2.45, 2.75) is 13.0 Å². The zero-order valence-electron chi connectivity index (χ0n) is 11.8. The van der Waals surface area contributed by atoms with Crippen LogP contribution in [0.3, 0.4) is 0 Å². The van der Waals surface area contributed by atoms with E-state index >= 15 is 0 Å². The molecule has 7 heteroatoms. The van der Waals surface area contributed by atoms with Crippen molar-refractivity contribution in [3.8, 4) is 0 Å². The highest BCUT2D eigenvalue weighted by Crippen LogP contribution is 2.19. The van der Waals surface area contributed by atoms with Gasteiger partial charge in [-0.3, -0.25) is 9.59 Å². The third kappa shape index (κ3) is 4.41. The predicted molar refractivity (Wildman–Crippen MR) is 75.6 cm³/mol. The van der Waals surface area contributed by atoms with Gasteiger partial charge in [-0.25, -0.2) is 4.98 Å². The summed E-state index contributed by atoms with van der Waals surface area (Å²) in [5, 5.41) is 0.352. The first-order valence-corrected chi connectivity index (χ1v) is 7.01. The second kappa shape index (κ2) is 7.38. The second-order valence-corrected chi connectivity index (χ2v) is 5.22. The molecular formula is C14H17ClN2O4. The number of ether oxygens (including phenoxy) is 2. The third-order valence-corrected chi connectivity index (χ3v) is 3.49. The van der Waals surface area contributed by atoms with Crippen molar-refractivity contribution in [1.29, 1.82) is 0 Å². The van der Waals surface area contributed by atoms with Crippen LogP contribution in [0.5, 0.6) is 0 Å². The number of nitrogens with zero attached hydrogens (tertiary/aromatic N) is 2. The van der Waals surface area contributed by atoms with E-state index in [9.17, 15) is 9.59 Å². The molecule has 2 heterocycles. The third-order valence-electron chi connectivity index (χ3n) is 3.29. The number of aromatic nitrogens is 1. The Hall–Kier alpha value is -1.66. The van der Waals surface area contributed by atoms with Gasteiger partial charge >= 0.3 is 5.97 Å². The van der Waals surface area contributed by atoms with Crippen molar-refractivity contribution in [3.05, 3.63) is 29.0 Å². The SMILES string of the molecule is COCCN1CC(C(=O)OCc2ccnc(Cl)c2)CC1=O. The van der Waals surface area contributed by atoms with Gasteiger partial charge in [0, 0.05) is 32.8 Å². The molecule has 1 saturated heterocycles. The molecule has 1 aromatic rings. The summed E-state index contributed by atoms with van der Waals surface area (Å²) in [6, 6.07) is 3.36. The van der Waals surface area contributed by atoms with Gasteiger partial charge in [0.25, 0.3) is 0 Å². The molecule has 1 unspecified atom stereocenters. The first kappa shape index (κ1) is 15.7. The highest BCUT2D eigenvalue weighted by atomic mass is 35.5. The summed E-state index contributed by atoms with van der Waals surface area (Å²) in [6.07, 6.45) is 1.75. The Morgan fingerprint density at radius 1 is 1.57 bits per heavy atom. The average Bonchev–Trinajstić information content (AvgIpc) is 2.84. The fourth-order valence-electron chi connectivity index (χ4n) is 2.15. The maximum Gasteiger partial charge on any atom is 0.311 e. The van der Waals surface area contributed by atoms with Gasteiger partial charge in [-0.1, -0.05) is 11.6 Å². The van der Waals surface area contributed by atoms with Gasteiger partial charge in [-0.15, -0.1) is 0 Å². The van der Waals surface area contributed by atoms with Gasteiger partial charge in [-0.2, -0.15) is 0 Å². The minimum absolute atomic E-state index is 0.0408. The molecule has 1 atom stereocenters. The zero-order chi connectivity index (χ0) is 15.2. The molecule has 0 bridgehead atoms. The molecule has 0 saturated carbocycles. The topological polar surface area (TPSA) is 68.7 Å². The average molecular weight is 313 g/mol. The van der Waals surface area contributed by atoms with Gasteiger partial charge in [0.1, 0.15) is 11.8 Å². The molecule has 0 spiro atoms. The van der Waals surface area contributed by atoms with E-state index in [-0.39, 0.29) is 24.9 Å². The number of carbonyl (C=O) groups excluding carboxylic acids is 2. The second-order valence-electron chi connectivity index (χ2n) is 4.83. The molecule has 0 N–H and O–H groups in total. The quantitative estimate of drug-likeness (QED) is 0.584. The monoisotopic (exact) mass is 312 g/mol. The molecule has 0 aliphatic carbocycles. The number of hydrogen-bond donors (Lipinski definition) is 0. The normalized spacial score (nSPS) is 18.1. The number of carbonyl (C=O) groups is 2. The van der Waals surface area contributed by atoms with E-state index in [4.69, 9.17) is 21.1 Å². The van der Waals surface area contributed by atoms with E-state index in [0.717, 1.165) is 5.56 Å². The number of hydrogen-bond acceptors (Lipinski definition) is 5. The first-order valence-electron chi connectivity index (χ1n) is 6.64. The van der Waals surface area contributed by atoms with Gasteiger partial charge in [0.2, 0.25) is 5.91 Å². The van der Waals surface area contributed by atoms with Gasteiger partial charge in [-0.05, 0) is 17.7 Å². The highest BCUT2D eigenvalue weighted by molar-refractivity contribution is 6.29. The Balaban J connectivity index is 1.83. The van der Waals surface area contributed by atoms with E-state index in [1.807, 2.05) is 0 Å². The molecule has 0 aromatic carbocycles. The molecule has 1 aliphatic rings. The van der Waals surface area contributed by atoms with Crippen LogP contribution in [-0.4, -0.2) is 48.6 Å². The van der Waals surface area contributed by atoms with E-state index in [1.165, 1.54) is 0 Å². The van der Waals surface area contributed by atoms with Gasteiger partial charge in [0.05, 0.1) is 12.5 Å². The lowest BCUT2D eigenvalue weighted by Gasteiger charge is -2.15. The molecule has 114 valence electrons. The number of esters is 1. The zero-order valence-corrected chi connectivity index (χ0v) is 12.5. The Morgan fingerprint density at radius 3 is 3.10 bits per heavy atom. The number of amides is 1. The highest BCUT2D eigenvalue weighted by Gasteiger charge is 2.35. The van der Waals surface area contributed by atoms with Crippen molar-refractivity contribution in [2.24, 2.45) is 5.92 Å². The number of methoxy groups -OCH3 is 1. The molecule has 1 amide bonds. The summed E-state index contributed by atoms with van der Waals surface area (Å²) in [5.41, 5.74) is 0.768. The molecule has 6 nitrogen and oxygen atoms in total. The fraction of sp³-hybridized carbons (Fsp3) is 0.500. The Bertz CT molecular complexity index is 523. The van der Waals surface area contributed by atoms with Crippen molar-refractivity contribution in [2.75, 3.05) is 26.8 Å². The summed E-state index contributed by atoms with van der Waals surface area (Å²) < 4.78 is 10.2. The fourth-order valence-corrected chi connectivity index (χ4v) is 2.35. The van der Waals surface area contributed by atoms with Crippen molar-refractivity contribution < 1.29 is 19.1 Å². The minimum Gasteiger partial charge on any atom is -0.461 e. The molecule has 1 fully saturated rings. The van der Waals surface area contributed by atoms with Crippen LogP contribution in [0.15, 0.2) is 18.3 Å². The van der Waals surface area contributed by atoms with Crippen LogP contribution in [0.25, 0.3) is 0 Å². The maximum absolute atomic E-state index is 12.0. The van der Waals surface area contributed by atoms with E-state index in [2.05, 4.69) is 4.98 Å². The number of likely N-dealkylation sites (tertiary alicyclic amines) is 1. The van der Waals surface area contributed by atoms with Crippen molar-refractivity contribution in [3.63, 3.8) is 0 Å². The van der Waals surface area contributed by atoms with Crippen LogP contribution in [0.2, 0.25) is 5.15 Å². The van der Waals surface area contributed by atoms with Crippen molar-refractivity contribution in [1.82, 2.24) is 9.88 Å². The molecule has 1 aromatic heterocycles. The smallest absolute Gasteiger partial charge is 0.311 e. The molecule has 0 radical (unpaired) electrons. The Morgan fingerprint density at radius 2 is 2.38 bits per heavy atom. The summed E-state index contributed by atoms with van der Waals surface area (Å²) in [4.78, 5) is 29.2. The number of halogens is 1. The summed E-state index contributed by atoms with van der Waals surface area (Å²) in [6.45, 7) is 1.48. The molecule has 1 aliphatic heterocycles. The van der Waals surface area contributed by atoms with Crippen LogP contribution >= 0.6 is 11.6 Å². The Labute approximate surface area is 128 Å². The van der Waals surface area contributed by atoms with Gasteiger partial charge in [0.15, 0.2) is 0 Å². The number of pyridine rings is 1. The molecule has 2 rings (SSSR count). The van der Waals surface area contributed by atoms with Crippen LogP contribution in [0, 0.1) is 5.92 Å². The largest absolute Gasteiger partial charge is 0.461 e. The molecular weight excluding hydrogens is 296 g/mol. The molecule has 21 heavy (non-hydrogen) atoms. The van der Waals surface area contributed by atoms with Gasteiger partial charge < -0.3 is 14.4 Å². The van der Waals surface area contributed by atoms with E-state index < -0.39 is 5.92 Å².